The molecule has 0 aliphatic rings. The fourth-order valence-electron chi connectivity index (χ4n) is 2.23. The molecular weight excluding hydrogens is 446 g/mol. The van der Waals surface area contributed by atoms with Crippen LogP contribution in [0.2, 0.25) is 0 Å². The van der Waals surface area contributed by atoms with Crippen LogP contribution >= 0.6 is 7.82 Å². The second-order valence-electron chi connectivity index (χ2n) is 5.87. The van der Waals surface area contributed by atoms with Crippen LogP contribution in [0.3, 0.4) is 0 Å². The van der Waals surface area contributed by atoms with E-state index in [4.69, 9.17) is 9.05 Å². The molecule has 22 heavy (non-hydrogen) atoms. The minimum absolute atomic E-state index is 0. The standard InChI is InChI=1S/C16H35O4P.Tb/c1-5-9-11-15(7-3)13-19-21(17,18)20-14-16(8-4)12-10-6-2;/h15-16H,5-14H2,1-4H3,(H,17,18);/p-1. The Hall–Kier alpha value is 1.40. The zero-order chi connectivity index (χ0) is 16.1. The fraction of sp³-hybridized carbons (Fsp3) is 1.00. The van der Waals surface area contributed by atoms with Gasteiger partial charge < -0.3 is 13.9 Å². The van der Waals surface area contributed by atoms with Crippen molar-refractivity contribution in [2.75, 3.05) is 13.2 Å². The van der Waals surface area contributed by atoms with Crippen LogP contribution in [0.1, 0.15) is 79.1 Å². The Kier molecular flexibility index (Phi) is 18.5. The average molecular weight is 480 g/mol. The van der Waals surface area contributed by atoms with Crippen molar-refractivity contribution in [1.29, 1.82) is 0 Å². The molecule has 0 amide bonds. The van der Waals surface area contributed by atoms with Gasteiger partial charge in [0.1, 0.15) is 0 Å². The van der Waals surface area contributed by atoms with Crippen LogP contribution in [-0.4, -0.2) is 13.2 Å². The Bertz CT molecular complexity index is 265. The van der Waals surface area contributed by atoms with Crippen LogP contribution in [0.15, 0.2) is 0 Å². The Morgan fingerprint density at radius 3 is 1.50 bits per heavy atom. The molecule has 4 nitrogen and oxygen atoms in total. The van der Waals surface area contributed by atoms with Gasteiger partial charge in [-0.2, -0.15) is 0 Å². The van der Waals surface area contributed by atoms with Gasteiger partial charge in [-0.05, 0) is 24.7 Å². The van der Waals surface area contributed by atoms with Crippen LogP contribution in [0, 0.1) is 50.4 Å². The number of phosphoric ester groups is 1. The van der Waals surface area contributed by atoms with Crippen LogP contribution < -0.4 is 4.89 Å². The van der Waals surface area contributed by atoms with Crippen LogP contribution in [0.25, 0.3) is 0 Å². The first-order valence-corrected chi connectivity index (χ1v) is 10.0. The smallest absolute Gasteiger partial charge is 0.267 e. The molecule has 1 radical (unpaired) electrons. The summed E-state index contributed by atoms with van der Waals surface area (Å²) in [5.74, 6) is 0.607. The summed E-state index contributed by atoms with van der Waals surface area (Å²) in [5.41, 5.74) is 0. The summed E-state index contributed by atoms with van der Waals surface area (Å²) in [6.45, 7) is 8.91. The van der Waals surface area contributed by atoms with E-state index in [1.807, 2.05) is 0 Å². The normalized spacial score (nSPS) is 16.6. The zero-order valence-corrected chi connectivity index (χ0v) is 17.7. The van der Waals surface area contributed by atoms with Crippen molar-refractivity contribution in [2.24, 2.45) is 11.8 Å². The van der Waals surface area contributed by atoms with Gasteiger partial charge in [0.2, 0.25) is 0 Å². The van der Waals surface area contributed by atoms with Crippen molar-refractivity contribution in [3.8, 4) is 0 Å². The van der Waals surface area contributed by atoms with Gasteiger partial charge in [-0.3, -0.25) is 4.57 Å². The summed E-state index contributed by atoms with van der Waals surface area (Å²) in [6, 6.07) is 0. The molecule has 0 aromatic rings. The van der Waals surface area contributed by atoms with E-state index in [0.717, 1.165) is 51.4 Å². The quantitative estimate of drug-likeness (QED) is 0.331. The van der Waals surface area contributed by atoms with Crippen molar-refractivity contribution in [3.05, 3.63) is 0 Å². The third-order valence-corrected chi connectivity index (χ3v) is 4.95. The summed E-state index contributed by atoms with van der Waals surface area (Å²) in [4.78, 5) is 11.8. The Morgan fingerprint density at radius 2 is 1.23 bits per heavy atom. The molecule has 0 aromatic heterocycles. The summed E-state index contributed by atoms with van der Waals surface area (Å²) < 4.78 is 21.9. The van der Waals surface area contributed by atoms with E-state index in [2.05, 4.69) is 27.7 Å². The van der Waals surface area contributed by atoms with Crippen LogP contribution in [-0.2, 0) is 13.6 Å². The van der Waals surface area contributed by atoms with E-state index < -0.39 is 7.82 Å². The maximum atomic E-state index is 11.8. The molecule has 0 saturated heterocycles. The van der Waals surface area contributed by atoms with Gasteiger partial charge in [-0.1, -0.05) is 66.2 Å². The molecule has 0 rings (SSSR count). The zero-order valence-electron chi connectivity index (χ0n) is 14.6. The molecule has 0 N–H and O–H groups in total. The first kappa shape index (κ1) is 25.6. The molecule has 0 spiro atoms. The van der Waals surface area contributed by atoms with Gasteiger partial charge in [0.15, 0.2) is 0 Å². The van der Waals surface area contributed by atoms with E-state index >= 15 is 0 Å². The Balaban J connectivity index is 0. The Labute approximate surface area is 168 Å². The first-order valence-electron chi connectivity index (χ1n) is 8.59. The molecule has 2 unspecified atom stereocenters. The molecule has 0 aromatic carbocycles. The second-order valence-corrected chi connectivity index (χ2v) is 7.28. The Morgan fingerprint density at radius 1 is 0.864 bits per heavy atom. The molecule has 0 fully saturated rings. The van der Waals surface area contributed by atoms with Gasteiger partial charge in [-0.15, -0.1) is 0 Å². The van der Waals surface area contributed by atoms with Crippen molar-refractivity contribution in [1.82, 2.24) is 0 Å². The van der Waals surface area contributed by atoms with Crippen molar-refractivity contribution < 1.29 is 57.1 Å². The van der Waals surface area contributed by atoms with Gasteiger partial charge in [0.25, 0.3) is 7.82 Å². The predicted octanol–water partition coefficient (Wildman–Crippen LogP) is 4.92. The second kappa shape index (κ2) is 15.9. The molecule has 137 valence electrons. The van der Waals surface area contributed by atoms with E-state index in [9.17, 15) is 9.46 Å². The van der Waals surface area contributed by atoms with E-state index in [1.54, 1.807) is 0 Å². The number of hydrogen-bond donors (Lipinski definition) is 0. The van der Waals surface area contributed by atoms with Crippen molar-refractivity contribution in [3.63, 3.8) is 0 Å². The SMILES string of the molecule is CCCCC(CC)COP(=O)([O-])OCC(CC)CCCC.[Tb]. The third-order valence-electron chi connectivity index (χ3n) is 4.02. The minimum Gasteiger partial charge on any atom is -0.756 e. The number of unbranched alkanes of at least 4 members (excludes halogenated alkanes) is 2. The van der Waals surface area contributed by atoms with Crippen LogP contribution in [0.4, 0.5) is 0 Å². The summed E-state index contributed by atoms with van der Waals surface area (Å²) >= 11 is 0. The molecule has 6 heteroatoms. The average Bonchev–Trinajstić information content (AvgIpc) is 2.47. The molecule has 0 bridgehead atoms. The number of hydrogen-bond acceptors (Lipinski definition) is 4. The van der Waals surface area contributed by atoms with Crippen molar-refractivity contribution in [2.45, 2.75) is 79.1 Å². The van der Waals surface area contributed by atoms with Gasteiger partial charge in [-0.25, -0.2) is 0 Å². The van der Waals surface area contributed by atoms with Crippen molar-refractivity contribution >= 4 is 7.82 Å². The number of rotatable bonds is 14. The van der Waals surface area contributed by atoms with E-state index in [0.29, 0.717) is 11.8 Å². The maximum Gasteiger partial charge on any atom is 0.267 e. The topological polar surface area (TPSA) is 58.6 Å². The molecule has 2 atom stereocenters. The summed E-state index contributed by atoms with van der Waals surface area (Å²) in [6.07, 6.45) is 8.38. The molecule has 0 heterocycles. The van der Waals surface area contributed by atoms with Gasteiger partial charge >= 0.3 is 0 Å². The van der Waals surface area contributed by atoms with Gasteiger partial charge in [0, 0.05) is 38.6 Å². The number of phosphoric acid groups is 1. The molecule has 0 saturated carbocycles. The monoisotopic (exact) mass is 480 g/mol. The van der Waals surface area contributed by atoms with E-state index in [-0.39, 0.29) is 51.8 Å². The van der Waals surface area contributed by atoms with Crippen LogP contribution in [0.5, 0.6) is 0 Å². The first-order chi connectivity index (χ1) is 9.99. The fourth-order valence-corrected chi connectivity index (χ4v) is 3.09. The molecular formula is C16H34O4PTb-. The maximum absolute atomic E-state index is 11.8. The summed E-state index contributed by atoms with van der Waals surface area (Å²) in [7, 11) is -4.14. The third kappa shape index (κ3) is 13.8. The van der Waals surface area contributed by atoms with E-state index in [1.165, 1.54) is 0 Å². The molecule has 0 aliphatic carbocycles. The minimum atomic E-state index is -4.14. The largest absolute Gasteiger partial charge is 0.756 e. The summed E-state index contributed by atoms with van der Waals surface area (Å²) in [5, 5.41) is 0. The molecule has 0 aliphatic heterocycles. The van der Waals surface area contributed by atoms with Gasteiger partial charge in [0.05, 0.1) is 13.2 Å². The predicted molar refractivity (Wildman–Crippen MR) is 86.1 cm³/mol.